The Morgan fingerprint density at radius 3 is 2.89 bits per heavy atom. The quantitative estimate of drug-likeness (QED) is 0.908. The number of carbonyl (C=O) groups excluding carboxylic acids is 1. The van der Waals surface area contributed by atoms with Crippen LogP contribution in [0, 0.1) is 5.82 Å². The Balaban J connectivity index is 2.18. The van der Waals surface area contributed by atoms with Gasteiger partial charge in [-0.05, 0) is 34.1 Å². The molecule has 0 radical (unpaired) electrons. The first-order valence-corrected chi connectivity index (χ1v) is 6.49. The van der Waals surface area contributed by atoms with Crippen LogP contribution in [0.15, 0.2) is 22.7 Å². The molecule has 0 saturated heterocycles. The molecule has 1 aromatic heterocycles. The van der Waals surface area contributed by atoms with E-state index in [1.165, 1.54) is 18.2 Å². The van der Waals surface area contributed by atoms with Crippen LogP contribution in [0.4, 0.5) is 15.2 Å². The first kappa shape index (κ1) is 12.9. The molecule has 0 aliphatic rings. The number of amides is 1. The van der Waals surface area contributed by atoms with Gasteiger partial charge in [-0.1, -0.05) is 11.3 Å². The second kappa shape index (κ2) is 5.40. The van der Waals surface area contributed by atoms with Crippen LogP contribution in [0.3, 0.4) is 0 Å². The fraction of sp³-hybridized carbons (Fsp3) is 0.100. The van der Waals surface area contributed by atoms with Gasteiger partial charge < -0.3 is 10.6 Å². The lowest BCUT2D eigenvalue weighted by atomic mass is 10.3. The van der Waals surface area contributed by atoms with Crippen molar-refractivity contribution in [2.75, 3.05) is 17.7 Å². The third-order valence-electron chi connectivity index (χ3n) is 2.01. The maximum atomic E-state index is 13.1. The van der Waals surface area contributed by atoms with Crippen molar-refractivity contribution in [1.82, 2.24) is 10.2 Å². The van der Waals surface area contributed by atoms with Crippen LogP contribution in [-0.2, 0) is 0 Å². The van der Waals surface area contributed by atoms with E-state index in [2.05, 4.69) is 36.8 Å². The smallest absolute Gasteiger partial charge is 0.286 e. The van der Waals surface area contributed by atoms with Crippen molar-refractivity contribution in [3.05, 3.63) is 33.5 Å². The van der Waals surface area contributed by atoms with Crippen LogP contribution in [0.25, 0.3) is 0 Å². The number of anilines is 2. The molecular weight excluding hydrogens is 323 g/mol. The summed E-state index contributed by atoms with van der Waals surface area (Å²) in [5, 5.41) is 13.6. The molecule has 0 bridgehead atoms. The topological polar surface area (TPSA) is 66.9 Å². The normalized spacial score (nSPS) is 10.2. The third-order valence-corrected chi connectivity index (χ3v) is 3.64. The zero-order valence-corrected chi connectivity index (χ0v) is 11.6. The van der Waals surface area contributed by atoms with Crippen molar-refractivity contribution in [2.45, 2.75) is 0 Å². The van der Waals surface area contributed by atoms with E-state index in [0.717, 1.165) is 11.3 Å². The largest absolute Gasteiger partial charge is 0.363 e. The fourth-order valence-electron chi connectivity index (χ4n) is 1.19. The van der Waals surface area contributed by atoms with Gasteiger partial charge in [0.1, 0.15) is 5.82 Å². The predicted molar refractivity (Wildman–Crippen MR) is 71.5 cm³/mol. The minimum Gasteiger partial charge on any atom is -0.363 e. The summed E-state index contributed by atoms with van der Waals surface area (Å²) >= 11 is 4.34. The monoisotopic (exact) mass is 330 g/mol. The fourth-order valence-corrected chi connectivity index (χ4v) is 2.12. The van der Waals surface area contributed by atoms with E-state index in [0.29, 0.717) is 15.3 Å². The van der Waals surface area contributed by atoms with Crippen LogP contribution in [0.2, 0.25) is 0 Å². The van der Waals surface area contributed by atoms with Crippen LogP contribution in [0.5, 0.6) is 0 Å². The van der Waals surface area contributed by atoms with Crippen molar-refractivity contribution < 1.29 is 9.18 Å². The highest BCUT2D eigenvalue weighted by Gasteiger charge is 2.14. The van der Waals surface area contributed by atoms with Gasteiger partial charge in [0, 0.05) is 11.5 Å². The molecule has 1 amide bonds. The number of benzene rings is 1. The van der Waals surface area contributed by atoms with Crippen molar-refractivity contribution in [2.24, 2.45) is 0 Å². The molecule has 0 unspecified atom stereocenters. The second-order valence-corrected chi connectivity index (χ2v) is 5.07. The molecular formula is C10H8BrFN4OS. The number of halogens is 2. The number of rotatable bonds is 3. The van der Waals surface area contributed by atoms with Crippen LogP contribution in [0.1, 0.15) is 9.80 Å². The molecule has 18 heavy (non-hydrogen) atoms. The molecule has 1 heterocycles. The highest BCUT2D eigenvalue weighted by Crippen LogP contribution is 2.24. The molecule has 8 heteroatoms. The van der Waals surface area contributed by atoms with Crippen LogP contribution >= 0.6 is 27.3 Å². The Morgan fingerprint density at radius 2 is 2.22 bits per heavy atom. The zero-order chi connectivity index (χ0) is 13.1. The van der Waals surface area contributed by atoms with E-state index in [4.69, 9.17) is 0 Å². The third kappa shape index (κ3) is 2.82. The van der Waals surface area contributed by atoms with E-state index in [9.17, 15) is 9.18 Å². The molecule has 94 valence electrons. The Labute approximate surface area is 115 Å². The summed E-state index contributed by atoms with van der Waals surface area (Å²) in [5.41, 5.74) is 0.348. The van der Waals surface area contributed by atoms with Crippen molar-refractivity contribution >= 4 is 44.0 Å². The van der Waals surface area contributed by atoms with Gasteiger partial charge >= 0.3 is 0 Å². The van der Waals surface area contributed by atoms with Gasteiger partial charge in [0.25, 0.3) is 5.91 Å². The van der Waals surface area contributed by atoms with Gasteiger partial charge in [-0.3, -0.25) is 4.79 Å². The highest BCUT2D eigenvalue weighted by molar-refractivity contribution is 9.10. The minimum absolute atomic E-state index is 0.204. The standard InChI is InChI=1S/C10H8BrFN4OS/c1-13-10-16-15-9(18-10)8(17)14-7-4-5(12)2-3-6(7)11/h2-4H,1H3,(H,13,16)(H,14,17). The Morgan fingerprint density at radius 1 is 1.44 bits per heavy atom. The van der Waals surface area contributed by atoms with E-state index in [1.807, 2.05) is 0 Å². The Kier molecular flexibility index (Phi) is 3.87. The average Bonchev–Trinajstić information content (AvgIpc) is 2.82. The van der Waals surface area contributed by atoms with Gasteiger partial charge in [0.2, 0.25) is 10.1 Å². The summed E-state index contributed by atoms with van der Waals surface area (Å²) in [7, 11) is 1.69. The molecule has 5 nitrogen and oxygen atoms in total. The van der Waals surface area contributed by atoms with Gasteiger partial charge in [0.15, 0.2) is 0 Å². The lowest BCUT2D eigenvalue weighted by Crippen LogP contribution is -2.12. The van der Waals surface area contributed by atoms with Crippen molar-refractivity contribution in [1.29, 1.82) is 0 Å². The molecule has 0 atom stereocenters. The van der Waals surface area contributed by atoms with Crippen molar-refractivity contribution in [3.63, 3.8) is 0 Å². The lowest BCUT2D eigenvalue weighted by Gasteiger charge is -2.05. The van der Waals surface area contributed by atoms with Gasteiger partial charge in [0.05, 0.1) is 5.69 Å². The SMILES string of the molecule is CNc1nnc(C(=O)Nc2cc(F)ccc2Br)s1. The number of hydrogen-bond donors (Lipinski definition) is 2. The second-order valence-electron chi connectivity index (χ2n) is 3.24. The molecule has 2 N–H and O–H groups in total. The van der Waals surface area contributed by atoms with E-state index in [1.54, 1.807) is 7.05 Å². The lowest BCUT2D eigenvalue weighted by molar-refractivity contribution is 0.102. The zero-order valence-electron chi connectivity index (χ0n) is 9.20. The summed E-state index contributed by atoms with van der Waals surface area (Å²) in [4.78, 5) is 11.8. The van der Waals surface area contributed by atoms with Gasteiger partial charge in [-0.25, -0.2) is 4.39 Å². The van der Waals surface area contributed by atoms with E-state index in [-0.39, 0.29) is 5.01 Å². The minimum atomic E-state index is -0.430. The molecule has 0 fully saturated rings. The van der Waals surface area contributed by atoms with Gasteiger partial charge in [-0.2, -0.15) is 0 Å². The highest BCUT2D eigenvalue weighted by atomic mass is 79.9. The maximum absolute atomic E-state index is 13.1. The summed E-state index contributed by atoms with van der Waals surface area (Å²) in [6.07, 6.45) is 0. The van der Waals surface area contributed by atoms with E-state index < -0.39 is 11.7 Å². The maximum Gasteiger partial charge on any atom is 0.286 e. The van der Waals surface area contributed by atoms with Crippen LogP contribution in [-0.4, -0.2) is 23.2 Å². The molecule has 0 saturated carbocycles. The van der Waals surface area contributed by atoms with E-state index >= 15 is 0 Å². The Bertz CT molecular complexity index is 589. The number of nitrogens with one attached hydrogen (secondary N) is 2. The number of hydrogen-bond acceptors (Lipinski definition) is 5. The summed E-state index contributed by atoms with van der Waals surface area (Å²) in [6.45, 7) is 0. The molecule has 0 spiro atoms. The first-order valence-electron chi connectivity index (χ1n) is 4.88. The summed E-state index contributed by atoms with van der Waals surface area (Å²) in [6, 6.07) is 4.04. The number of aromatic nitrogens is 2. The predicted octanol–water partition coefficient (Wildman–Crippen LogP) is 2.73. The molecule has 1 aromatic carbocycles. The molecule has 2 aromatic rings. The molecule has 2 rings (SSSR count). The summed E-state index contributed by atoms with van der Waals surface area (Å²) in [5.74, 6) is -0.859. The summed E-state index contributed by atoms with van der Waals surface area (Å²) < 4.78 is 13.6. The van der Waals surface area contributed by atoms with Gasteiger partial charge in [-0.15, -0.1) is 10.2 Å². The Hall–Kier alpha value is -1.54. The van der Waals surface area contributed by atoms with Crippen molar-refractivity contribution in [3.8, 4) is 0 Å². The van der Waals surface area contributed by atoms with Crippen LogP contribution < -0.4 is 10.6 Å². The molecule has 0 aliphatic carbocycles. The average molecular weight is 331 g/mol. The number of nitrogens with zero attached hydrogens (tertiary/aromatic N) is 2. The number of carbonyl (C=O) groups is 1. The first-order chi connectivity index (χ1) is 8.60. The molecule has 0 aliphatic heterocycles.